The zero-order valence-electron chi connectivity index (χ0n) is 13.0. The van der Waals surface area contributed by atoms with Crippen LogP contribution in [-0.4, -0.2) is 12.1 Å². The second-order valence-electron chi connectivity index (χ2n) is 4.15. The topological polar surface area (TPSA) is 36.9 Å². The smallest absolute Gasteiger partial charge is 0.253 e. The Hall–Kier alpha value is -1.84. The van der Waals surface area contributed by atoms with Gasteiger partial charge in [0.1, 0.15) is 0 Å². The number of hydrogen-bond acceptors (Lipinski definition) is 4. The summed E-state index contributed by atoms with van der Waals surface area (Å²) in [6.07, 6.45) is 13.4. The van der Waals surface area contributed by atoms with Crippen molar-refractivity contribution < 1.29 is 18.9 Å². The van der Waals surface area contributed by atoms with Crippen molar-refractivity contribution in [3.8, 4) is 0 Å². The molecule has 0 radical (unpaired) electrons. The second kappa shape index (κ2) is 11.0. The zero-order valence-corrected chi connectivity index (χ0v) is 13.0. The Morgan fingerprint density at radius 1 is 0.750 bits per heavy atom. The normalized spacial score (nSPS) is 16.9. The lowest BCUT2D eigenvalue weighted by Gasteiger charge is -2.30. The fraction of sp³-hybridized carbons (Fsp3) is 0.500. The maximum atomic E-state index is 5.61. The van der Waals surface area contributed by atoms with E-state index in [1.54, 1.807) is 49.4 Å². The first-order chi connectivity index (χ1) is 9.61. The fourth-order valence-electron chi connectivity index (χ4n) is 1.31. The second-order valence-corrected chi connectivity index (χ2v) is 4.15. The summed E-state index contributed by atoms with van der Waals surface area (Å²) in [6, 6.07) is 0. The first-order valence-electron chi connectivity index (χ1n) is 6.73. The van der Waals surface area contributed by atoms with Gasteiger partial charge < -0.3 is 18.9 Å². The molecule has 0 heterocycles. The average Bonchev–Trinajstić information content (AvgIpc) is 2.46. The van der Waals surface area contributed by atoms with Gasteiger partial charge in [0, 0.05) is 6.92 Å². The summed E-state index contributed by atoms with van der Waals surface area (Å²) < 4.78 is 22.2. The highest BCUT2D eigenvalue weighted by molar-refractivity contribution is 4.80. The third kappa shape index (κ3) is 8.29. The minimum atomic E-state index is -0.868. The van der Waals surface area contributed by atoms with Gasteiger partial charge in [0.2, 0.25) is 6.29 Å². The SMILES string of the molecule is CC=COC(CC(C)(OC=CC)OC=CC)OC=CC. The summed E-state index contributed by atoms with van der Waals surface area (Å²) >= 11 is 0. The summed E-state index contributed by atoms with van der Waals surface area (Å²) in [5.74, 6) is -0.868. The van der Waals surface area contributed by atoms with Gasteiger partial charge in [-0.05, 0) is 27.7 Å². The lowest BCUT2D eigenvalue weighted by molar-refractivity contribution is -0.207. The molecule has 0 aromatic carbocycles. The summed E-state index contributed by atoms with van der Waals surface area (Å²) in [7, 11) is 0. The molecule has 0 amide bonds. The molecule has 0 saturated carbocycles. The Labute approximate surface area is 122 Å². The Balaban J connectivity index is 4.82. The summed E-state index contributed by atoms with van der Waals surface area (Å²) in [5.41, 5.74) is 0. The molecule has 0 spiro atoms. The van der Waals surface area contributed by atoms with Crippen molar-refractivity contribution in [1.82, 2.24) is 0 Å². The highest BCUT2D eigenvalue weighted by Gasteiger charge is 2.32. The number of hydrogen-bond donors (Lipinski definition) is 0. The molecule has 0 aliphatic heterocycles. The van der Waals surface area contributed by atoms with E-state index in [0.717, 1.165) is 0 Å². The van der Waals surface area contributed by atoms with Crippen molar-refractivity contribution in [3.05, 3.63) is 49.4 Å². The maximum absolute atomic E-state index is 5.61. The van der Waals surface area contributed by atoms with Crippen LogP contribution in [0.15, 0.2) is 49.4 Å². The van der Waals surface area contributed by atoms with Gasteiger partial charge in [-0.15, -0.1) is 0 Å². The van der Waals surface area contributed by atoms with E-state index >= 15 is 0 Å². The van der Waals surface area contributed by atoms with Gasteiger partial charge in [-0.3, -0.25) is 0 Å². The van der Waals surface area contributed by atoms with Gasteiger partial charge in [0.25, 0.3) is 5.79 Å². The third-order valence-electron chi connectivity index (χ3n) is 2.18. The van der Waals surface area contributed by atoms with Gasteiger partial charge in [-0.2, -0.15) is 0 Å². The molecular formula is C16H26O4. The first-order valence-corrected chi connectivity index (χ1v) is 6.73. The van der Waals surface area contributed by atoms with Gasteiger partial charge in [0.15, 0.2) is 0 Å². The molecule has 0 N–H and O–H groups in total. The van der Waals surface area contributed by atoms with Gasteiger partial charge in [-0.1, -0.05) is 24.3 Å². The molecular weight excluding hydrogens is 256 g/mol. The monoisotopic (exact) mass is 282 g/mol. The zero-order chi connectivity index (χ0) is 15.3. The molecule has 0 rings (SSSR count). The molecule has 114 valence electrons. The van der Waals surface area contributed by atoms with E-state index in [0.29, 0.717) is 6.42 Å². The molecule has 0 fully saturated rings. The third-order valence-corrected chi connectivity index (χ3v) is 2.18. The van der Waals surface area contributed by atoms with Gasteiger partial charge in [-0.25, -0.2) is 0 Å². The number of allylic oxidation sites excluding steroid dienone is 4. The van der Waals surface area contributed by atoms with E-state index in [4.69, 9.17) is 18.9 Å². The molecule has 0 atom stereocenters. The highest BCUT2D eigenvalue weighted by Crippen LogP contribution is 2.23. The van der Waals surface area contributed by atoms with Crippen LogP contribution < -0.4 is 0 Å². The molecule has 20 heavy (non-hydrogen) atoms. The molecule has 0 bridgehead atoms. The van der Waals surface area contributed by atoms with E-state index in [1.165, 1.54) is 0 Å². The molecule has 0 aliphatic carbocycles. The molecule has 0 aliphatic rings. The van der Waals surface area contributed by atoms with Crippen molar-refractivity contribution in [2.45, 2.75) is 53.1 Å². The Kier molecular flexibility index (Phi) is 10.0. The lowest BCUT2D eigenvalue weighted by Crippen LogP contribution is -2.34. The van der Waals surface area contributed by atoms with E-state index in [9.17, 15) is 0 Å². The maximum Gasteiger partial charge on any atom is 0.253 e. The molecule has 0 aromatic rings. The number of ether oxygens (including phenoxy) is 4. The predicted octanol–water partition coefficient (Wildman–Crippen LogP) is 4.62. The van der Waals surface area contributed by atoms with Gasteiger partial charge in [0.05, 0.1) is 31.5 Å². The van der Waals surface area contributed by atoms with Crippen LogP contribution in [0.3, 0.4) is 0 Å². The van der Waals surface area contributed by atoms with Crippen LogP contribution >= 0.6 is 0 Å². The van der Waals surface area contributed by atoms with Crippen molar-refractivity contribution in [1.29, 1.82) is 0 Å². The van der Waals surface area contributed by atoms with Crippen LogP contribution in [0.1, 0.15) is 41.0 Å². The predicted molar refractivity (Wildman–Crippen MR) is 80.4 cm³/mol. The lowest BCUT2D eigenvalue weighted by atomic mass is 10.2. The van der Waals surface area contributed by atoms with Crippen LogP contribution in [0, 0.1) is 0 Å². The molecule has 0 saturated heterocycles. The quantitative estimate of drug-likeness (QED) is 0.433. The van der Waals surface area contributed by atoms with Crippen molar-refractivity contribution in [3.63, 3.8) is 0 Å². The molecule has 0 aromatic heterocycles. The Bertz CT molecular complexity index is 314. The van der Waals surface area contributed by atoms with Gasteiger partial charge >= 0.3 is 0 Å². The molecule has 0 unspecified atom stereocenters. The molecule has 4 nitrogen and oxygen atoms in total. The minimum Gasteiger partial charge on any atom is -0.463 e. The van der Waals surface area contributed by atoms with Crippen LogP contribution in [-0.2, 0) is 18.9 Å². The van der Waals surface area contributed by atoms with Crippen molar-refractivity contribution in [2.75, 3.05) is 0 Å². The summed E-state index contributed by atoms with van der Waals surface area (Å²) in [4.78, 5) is 0. The van der Waals surface area contributed by atoms with Crippen LogP contribution in [0.4, 0.5) is 0 Å². The molecule has 4 heteroatoms. The van der Waals surface area contributed by atoms with Crippen LogP contribution in [0.25, 0.3) is 0 Å². The van der Waals surface area contributed by atoms with E-state index in [-0.39, 0.29) is 0 Å². The largest absolute Gasteiger partial charge is 0.463 e. The number of rotatable bonds is 10. The van der Waals surface area contributed by atoms with E-state index in [1.807, 2.05) is 34.6 Å². The summed E-state index contributed by atoms with van der Waals surface area (Å²) in [6.45, 7) is 9.33. The van der Waals surface area contributed by atoms with Crippen LogP contribution in [0.2, 0.25) is 0 Å². The van der Waals surface area contributed by atoms with E-state index < -0.39 is 12.1 Å². The Morgan fingerprint density at radius 2 is 1.15 bits per heavy atom. The Morgan fingerprint density at radius 3 is 1.50 bits per heavy atom. The van der Waals surface area contributed by atoms with Crippen molar-refractivity contribution in [2.24, 2.45) is 0 Å². The summed E-state index contributed by atoms with van der Waals surface area (Å²) in [5, 5.41) is 0. The van der Waals surface area contributed by atoms with E-state index in [2.05, 4.69) is 0 Å². The minimum absolute atomic E-state index is 0.399. The fourth-order valence-corrected chi connectivity index (χ4v) is 1.31. The first kappa shape index (κ1) is 18.2. The standard InChI is InChI=1S/C16H26O4/c1-6-10-17-15(18-11-7-2)14-16(5,19-12-8-3)20-13-9-4/h6-13,15H,14H2,1-5H3. The average molecular weight is 282 g/mol. The van der Waals surface area contributed by atoms with Crippen LogP contribution in [0.5, 0.6) is 0 Å². The van der Waals surface area contributed by atoms with Crippen molar-refractivity contribution >= 4 is 0 Å². The highest BCUT2D eigenvalue weighted by atomic mass is 16.7.